The summed E-state index contributed by atoms with van der Waals surface area (Å²) < 4.78 is 0. The van der Waals surface area contributed by atoms with Crippen molar-refractivity contribution in [3.05, 3.63) is 35.4 Å². The molecule has 0 aliphatic rings. The molecular weight excluding hydrogens is 200 g/mol. The summed E-state index contributed by atoms with van der Waals surface area (Å²) in [7, 11) is 0. The van der Waals surface area contributed by atoms with E-state index in [1.807, 2.05) is 36.1 Å². The molecule has 0 aliphatic heterocycles. The van der Waals surface area contributed by atoms with E-state index in [4.69, 9.17) is 5.73 Å². The van der Waals surface area contributed by atoms with Gasteiger partial charge in [0.25, 0.3) is 5.91 Å². The summed E-state index contributed by atoms with van der Waals surface area (Å²) in [6, 6.07) is 7.68. The van der Waals surface area contributed by atoms with Crippen molar-refractivity contribution in [1.82, 2.24) is 4.90 Å². The van der Waals surface area contributed by atoms with Crippen LogP contribution in [0.5, 0.6) is 0 Å². The van der Waals surface area contributed by atoms with Gasteiger partial charge in [-0.15, -0.1) is 0 Å². The number of hydrogen-bond donors (Lipinski definition) is 1. The molecule has 0 spiro atoms. The molecule has 88 valence electrons. The van der Waals surface area contributed by atoms with E-state index in [0.29, 0.717) is 13.1 Å². The topological polar surface area (TPSA) is 46.3 Å². The van der Waals surface area contributed by atoms with Gasteiger partial charge in [0.15, 0.2) is 0 Å². The first-order chi connectivity index (χ1) is 7.69. The molecule has 0 unspecified atom stereocenters. The van der Waals surface area contributed by atoms with Gasteiger partial charge in [0.1, 0.15) is 0 Å². The van der Waals surface area contributed by atoms with Gasteiger partial charge >= 0.3 is 0 Å². The van der Waals surface area contributed by atoms with Crippen LogP contribution in [0.15, 0.2) is 24.3 Å². The Morgan fingerprint density at radius 3 is 2.69 bits per heavy atom. The molecule has 3 heteroatoms. The largest absolute Gasteiger partial charge is 0.337 e. The molecule has 1 amide bonds. The van der Waals surface area contributed by atoms with Gasteiger partial charge in [-0.1, -0.05) is 24.6 Å². The Kier molecular flexibility index (Phi) is 4.99. The summed E-state index contributed by atoms with van der Waals surface area (Å²) in [5.41, 5.74) is 7.37. The molecule has 1 aromatic carbocycles. The number of amides is 1. The second-order valence-electron chi connectivity index (χ2n) is 3.95. The van der Waals surface area contributed by atoms with E-state index in [9.17, 15) is 4.79 Å². The first kappa shape index (κ1) is 12.7. The van der Waals surface area contributed by atoms with Crippen LogP contribution in [-0.2, 0) is 0 Å². The number of nitrogens with zero attached hydrogens (tertiary/aromatic N) is 1. The summed E-state index contributed by atoms with van der Waals surface area (Å²) in [5.74, 6) is 0.0796. The lowest BCUT2D eigenvalue weighted by molar-refractivity contribution is 0.0760. The van der Waals surface area contributed by atoms with E-state index in [1.165, 1.54) is 0 Å². The zero-order valence-electron chi connectivity index (χ0n) is 10.1. The summed E-state index contributed by atoms with van der Waals surface area (Å²) in [6.45, 7) is 5.96. The van der Waals surface area contributed by atoms with Gasteiger partial charge in [-0.05, 0) is 25.5 Å². The fourth-order valence-electron chi connectivity index (χ4n) is 1.70. The monoisotopic (exact) mass is 220 g/mol. The number of hydrogen-bond acceptors (Lipinski definition) is 2. The van der Waals surface area contributed by atoms with E-state index >= 15 is 0 Å². The Balaban J connectivity index is 2.81. The molecule has 1 rings (SSSR count). The van der Waals surface area contributed by atoms with Crippen LogP contribution in [0.25, 0.3) is 0 Å². The molecule has 0 fully saturated rings. The SMILES string of the molecule is CCCN(CCN)C(=O)c1cccc(C)c1. The highest BCUT2D eigenvalue weighted by Crippen LogP contribution is 2.08. The van der Waals surface area contributed by atoms with Crippen LogP contribution < -0.4 is 5.73 Å². The average Bonchev–Trinajstić information content (AvgIpc) is 2.28. The van der Waals surface area contributed by atoms with E-state index in [-0.39, 0.29) is 5.91 Å². The Bertz CT molecular complexity index is 344. The lowest BCUT2D eigenvalue weighted by atomic mass is 10.1. The van der Waals surface area contributed by atoms with Crippen molar-refractivity contribution in [3.63, 3.8) is 0 Å². The smallest absolute Gasteiger partial charge is 0.253 e. The maximum atomic E-state index is 12.1. The first-order valence-corrected chi connectivity index (χ1v) is 5.75. The van der Waals surface area contributed by atoms with Crippen molar-refractivity contribution in [2.75, 3.05) is 19.6 Å². The van der Waals surface area contributed by atoms with Gasteiger partial charge in [0, 0.05) is 25.2 Å². The number of carbonyl (C=O) groups excluding carboxylic acids is 1. The van der Waals surface area contributed by atoms with Crippen molar-refractivity contribution >= 4 is 5.91 Å². The molecule has 0 aromatic heterocycles. The predicted octanol–water partition coefficient (Wildman–Crippen LogP) is 1.81. The molecule has 0 saturated carbocycles. The predicted molar refractivity (Wildman–Crippen MR) is 66.4 cm³/mol. The standard InChI is InChI=1S/C13H20N2O/c1-3-8-15(9-7-14)13(16)12-6-4-5-11(2)10-12/h4-6,10H,3,7-9,14H2,1-2H3. The van der Waals surface area contributed by atoms with Crippen LogP contribution in [-0.4, -0.2) is 30.4 Å². The molecule has 1 aromatic rings. The number of benzene rings is 1. The minimum Gasteiger partial charge on any atom is -0.337 e. The fraction of sp³-hybridized carbons (Fsp3) is 0.462. The molecular formula is C13H20N2O. The minimum absolute atomic E-state index is 0.0796. The number of nitrogens with two attached hydrogens (primary N) is 1. The summed E-state index contributed by atoms with van der Waals surface area (Å²) in [4.78, 5) is 14.0. The molecule has 0 bridgehead atoms. The Morgan fingerprint density at radius 2 is 2.12 bits per heavy atom. The van der Waals surface area contributed by atoms with Gasteiger partial charge < -0.3 is 10.6 Å². The quantitative estimate of drug-likeness (QED) is 0.822. The highest BCUT2D eigenvalue weighted by molar-refractivity contribution is 5.94. The number of carbonyl (C=O) groups is 1. The third-order valence-electron chi connectivity index (χ3n) is 2.44. The van der Waals surface area contributed by atoms with Crippen molar-refractivity contribution < 1.29 is 4.79 Å². The van der Waals surface area contributed by atoms with Gasteiger partial charge in [-0.3, -0.25) is 4.79 Å². The molecule has 3 nitrogen and oxygen atoms in total. The lowest BCUT2D eigenvalue weighted by Crippen LogP contribution is -2.35. The van der Waals surface area contributed by atoms with E-state index in [2.05, 4.69) is 6.92 Å². The summed E-state index contributed by atoms with van der Waals surface area (Å²) >= 11 is 0. The van der Waals surface area contributed by atoms with E-state index < -0.39 is 0 Å². The molecule has 0 aliphatic carbocycles. The van der Waals surface area contributed by atoms with E-state index in [1.54, 1.807) is 0 Å². The highest BCUT2D eigenvalue weighted by Gasteiger charge is 2.13. The molecule has 16 heavy (non-hydrogen) atoms. The van der Waals surface area contributed by atoms with Crippen LogP contribution >= 0.6 is 0 Å². The maximum Gasteiger partial charge on any atom is 0.253 e. The van der Waals surface area contributed by atoms with Crippen LogP contribution in [0.2, 0.25) is 0 Å². The van der Waals surface area contributed by atoms with Gasteiger partial charge in [-0.25, -0.2) is 0 Å². The number of aryl methyl sites for hydroxylation is 1. The van der Waals surface area contributed by atoms with E-state index in [0.717, 1.165) is 24.1 Å². The molecule has 0 radical (unpaired) electrons. The molecule has 0 atom stereocenters. The molecule has 0 saturated heterocycles. The fourth-order valence-corrected chi connectivity index (χ4v) is 1.70. The molecule has 0 heterocycles. The van der Waals surface area contributed by atoms with Gasteiger partial charge in [0.2, 0.25) is 0 Å². The second kappa shape index (κ2) is 6.28. The maximum absolute atomic E-state index is 12.1. The molecule has 2 N–H and O–H groups in total. The second-order valence-corrected chi connectivity index (χ2v) is 3.95. The zero-order valence-corrected chi connectivity index (χ0v) is 10.1. The number of rotatable bonds is 5. The third-order valence-corrected chi connectivity index (χ3v) is 2.44. The van der Waals surface area contributed by atoms with Crippen molar-refractivity contribution in [2.45, 2.75) is 20.3 Å². The highest BCUT2D eigenvalue weighted by atomic mass is 16.2. The Labute approximate surface area is 97.2 Å². The van der Waals surface area contributed by atoms with Crippen LogP contribution in [0.4, 0.5) is 0 Å². The zero-order chi connectivity index (χ0) is 12.0. The minimum atomic E-state index is 0.0796. The van der Waals surface area contributed by atoms with Gasteiger partial charge in [0.05, 0.1) is 0 Å². The van der Waals surface area contributed by atoms with Crippen LogP contribution in [0.3, 0.4) is 0 Å². The van der Waals surface area contributed by atoms with Crippen LogP contribution in [0, 0.1) is 6.92 Å². The van der Waals surface area contributed by atoms with Crippen LogP contribution in [0.1, 0.15) is 29.3 Å². The average molecular weight is 220 g/mol. The Hall–Kier alpha value is -1.35. The summed E-state index contributed by atoms with van der Waals surface area (Å²) in [6.07, 6.45) is 0.956. The Morgan fingerprint density at radius 1 is 1.38 bits per heavy atom. The third kappa shape index (κ3) is 3.35. The summed E-state index contributed by atoms with van der Waals surface area (Å²) in [5, 5.41) is 0. The van der Waals surface area contributed by atoms with Crippen molar-refractivity contribution in [1.29, 1.82) is 0 Å². The van der Waals surface area contributed by atoms with Crippen molar-refractivity contribution in [2.24, 2.45) is 5.73 Å². The first-order valence-electron chi connectivity index (χ1n) is 5.75. The lowest BCUT2D eigenvalue weighted by Gasteiger charge is -2.21. The normalized spacial score (nSPS) is 10.2. The van der Waals surface area contributed by atoms with Crippen molar-refractivity contribution in [3.8, 4) is 0 Å². The van der Waals surface area contributed by atoms with Gasteiger partial charge in [-0.2, -0.15) is 0 Å².